The van der Waals surface area contributed by atoms with E-state index in [9.17, 15) is 0 Å². The van der Waals surface area contributed by atoms with E-state index in [4.69, 9.17) is 4.74 Å². The van der Waals surface area contributed by atoms with E-state index in [0.29, 0.717) is 6.04 Å². The first-order valence-corrected chi connectivity index (χ1v) is 24.6. The molecule has 1 unspecified atom stereocenters. The Bertz CT molecular complexity index is 1140. The number of hydrogen-bond donors (Lipinski definition) is 5. The Morgan fingerprint density at radius 3 is 1.80 bits per heavy atom. The molecule has 3 heterocycles. The summed E-state index contributed by atoms with van der Waals surface area (Å²) in [6.45, 7) is 16.1. The average molecular weight is 1370 g/mol. The summed E-state index contributed by atoms with van der Waals surface area (Å²) in [5, 5.41) is 2.89. The summed E-state index contributed by atoms with van der Waals surface area (Å²) in [6.07, 6.45) is 15.6. The highest BCUT2D eigenvalue weighted by Crippen LogP contribution is 2.22. The van der Waals surface area contributed by atoms with Crippen molar-refractivity contribution in [3.05, 3.63) is 75.4 Å². The molecule has 2 aliphatic rings. The fourth-order valence-corrected chi connectivity index (χ4v) is 7.42. The van der Waals surface area contributed by atoms with E-state index in [1.807, 2.05) is 79.3 Å². The van der Waals surface area contributed by atoms with Crippen LogP contribution in [0.1, 0.15) is 90.9 Å². The molecule has 7 nitrogen and oxygen atoms in total. The minimum atomic E-state index is 0.612. The van der Waals surface area contributed by atoms with Crippen molar-refractivity contribution in [1.29, 1.82) is 0 Å². The number of halogens is 6. The second-order valence-corrected chi connectivity index (χ2v) is 16.8. The number of nitrogens with zero attached hydrogens (tertiary/aromatic N) is 1. The largest absolute Gasteiger partial charge is 0.380 e. The van der Waals surface area contributed by atoms with Gasteiger partial charge in [0.2, 0.25) is 0 Å². The molecule has 0 spiro atoms. The number of ether oxygens (including phenoxy) is 1. The molecule has 0 radical (unpaired) electrons. The van der Waals surface area contributed by atoms with Crippen molar-refractivity contribution in [2.45, 2.75) is 104 Å². The quantitative estimate of drug-likeness (QED) is 0.0665. The second kappa shape index (κ2) is 47.6. The number of thiophene rings is 1. The van der Waals surface area contributed by atoms with Gasteiger partial charge in [-0.25, -0.2) is 4.98 Å². The van der Waals surface area contributed by atoms with Crippen molar-refractivity contribution in [2.24, 2.45) is 0 Å². The van der Waals surface area contributed by atoms with Crippen LogP contribution >= 0.6 is 153 Å². The maximum Gasteiger partial charge on any atom is 0.191 e. The second-order valence-electron chi connectivity index (χ2n) is 10.3. The van der Waals surface area contributed by atoms with Crippen LogP contribution in [-0.2, 0) is 11.2 Å². The lowest BCUT2D eigenvalue weighted by Gasteiger charge is -2.18. The highest BCUT2D eigenvalue weighted by atomic mass is 127. The van der Waals surface area contributed by atoms with Gasteiger partial charge in [-0.15, -0.1) is 41.1 Å². The molecule has 0 amide bonds. The van der Waals surface area contributed by atoms with Gasteiger partial charge in [0.05, 0.1) is 56.1 Å². The number of hydrogen-bond acceptors (Lipinski definition) is 9. The number of nitrogens with one attached hydrogen (secondary N) is 5. The Hall–Kier alpha value is 1.42. The molecule has 2 aromatic heterocycles. The van der Waals surface area contributed by atoms with E-state index < -0.39 is 0 Å². The summed E-state index contributed by atoms with van der Waals surface area (Å²) >= 11 is 17.5. The SMILES string of the molecule is Brc1ccc(CCNI)s1.C=CC.CC#CC.CCCC.INC1CCCCC1.INC1CCOC1.INc1ccccc1.INc1nccs1. The molecule has 5 N–H and O–H groups in total. The van der Waals surface area contributed by atoms with Crippen molar-refractivity contribution in [3.8, 4) is 11.8 Å². The average Bonchev–Trinajstić information content (AvgIpc) is 4.00. The van der Waals surface area contributed by atoms with Gasteiger partial charge in [0.15, 0.2) is 5.13 Å². The van der Waals surface area contributed by atoms with Crippen LogP contribution in [0.25, 0.3) is 0 Å². The third-order valence-electron chi connectivity index (χ3n) is 6.08. The smallest absolute Gasteiger partial charge is 0.191 e. The van der Waals surface area contributed by atoms with Crippen molar-refractivity contribution in [3.63, 3.8) is 0 Å². The molecule has 3 aromatic rings. The van der Waals surface area contributed by atoms with Gasteiger partial charge in [0, 0.05) is 116 Å². The Kier molecular flexibility index (Phi) is 52.9. The first kappa shape index (κ1) is 56.7. The number of thiazole rings is 1. The molecule has 1 aromatic carbocycles. The molecule has 1 aliphatic heterocycles. The topological polar surface area (TPSA) is 82.3 Å². The Labute approximate surface area is 397 Å². The third-order valence-corrected chi connectivity index (χ3v) is 12.3. The number of allylic oxidation sites excluding steroid dienone is 1. The maximum absolute atomic E-state index is 5.08. The maximum atomic E-state index is 5.08. The minimum absolute atomic E-state index is 0.612. The molecule has 0 bridgehead atoms. The number of para-hydroxylation sites is 1. The predicted octanol–water partition coefficient (Wildman–Crippen LogP) is 14.3. The Morgan fingerprint density at radius 1 is 0.902 bits per heavy atom. The molecule has 1 saturated carbocycles. The van der Waals surface area contributed by atoms with Gasteiger partial charge in [-0.2, -0.15) is 0 Å². The van der Waals surface area contributed by atoms with Crippen LogP contribution in [0, 0.1) is 11.8 Å². The third kappa shape index (κ3) is 42.4. The summed E-state index contributed by atoms with van der Waals surface area (Å²) in [7, 11) is 0. The standard InChI is InChI=1S/C6H7BrINS.C6H12IN.C6H6IN.C4H8INO.C4H10.C4H6.C3H3IN2S.C3H6/c7-6-2-1-5(10-6)3-4-9-8;2*7-8-6-4-2-1-3-5-6;5-6-4-1-2-7-3-4;2*1-3-4-2;4-6-3-5-1-2-7-3;1-3-2/h1-2,9H,3-4H2;6,8H,1-5H2;1-5,8H;4,6H,1-3H2;3-4H2,1-2H3;1-2H3;1-2H,(H,5,6);3H,1H2,2H3. The van der Waals surface area contributed by atoms with Crippen LogP contribution in [0.5, 0.6) is 0 Å². The highest BCUT2D eigenvalue weighted by molar-refractivity contribution is 14.1. The van der Waals surface area contributed by atoms with E-state index in [1.165, 1.54) is 60.0 Å². The van der Waals surface area contributed by atoms with Gasteiger partial charge in [-0.1, -0.05) is 70.2 Å². The number of aromatic nitrogens is 1. The zero-order chi connectivity index (χ0) is 38.8. The summed E-state index contributed by atoms with van der Waals surface area (Å²) in [5.74, 6) is 5.36. The van der Waals surface area contributed by atoms with E-state index >= 15 is 0 Å². The lowest BCUT2D eigenvalue weighted by atomic mass is 9.97. The monoisotopic (exact) mass is 1370 g/mol. The minimum Gasteiger partial charge on any atom is -0.380 e. The van der Waals surface area contributed by atoms with E-state index in [2.05, 4.69) is 174 Å². The van der Waals surface area contributed by atoms with Crippen molar-refractivity contribution < 1.29 is 4.74 Å². The molecule has 15 heteroatoms. The van der Waals surface area contributed by atoms with Crippen molar-refractivity contribution >= 4 is 164 Å². The van der Waals surface area contributed by atoms with Crippen LogP contribution < -0.4 is 17.7 Å². The summed E-state index contributed by atoms with van der Waals surface area (Å²) in [4.78, 5) is 5.36. The lowest BCUT2D eigenvalue weighted by Crippen LogP contribution is -2.22. The Balaban J connectivity index is -0.000000530. The van der Waals surface area contributed by atoms with Gasteiger partial charge in [0.1, 0.15) is 0 Å². The fourth-order valence-electron chi connectivity index (χ4n) is 3.26. The predicted molar refractivity (Wildman–Crippen MR) is 278 cm³/mol. The van der Waals surface area contributed by atoms with Crippen LogP contribution in [-0.4, -0.2) is 36.8 Å². The summed E-state index contributed by atoms with van der Waals surface area (Å²) < 4.78 is 21.7. The van der Waals surface area contributed by atoms with Gasteiger partial charge < -0.3 is 11.8 Å². The van der Waals surface area contributed by atoms with Gasteiger partial charge in [0.25, 0.3) is 0 Å². The van der Waals surface area contributed by atoms with E-state index in [1.54, 1.807) is 34.9 Å². The Morgan fingerprint density at radius 2 is 1.51 bits per heavy atom. The molecule has 2 fully saturated rings. The fraction of sp³-hybridized carbons (Fsp3) is 0.528. The number of anilines is 2. The lowest BCUT2D eigenvalue weighted by molar-refractivity contribution is 0.193. The molecule has 5 rings (SSSR count). The van der Waals surface area contributed by atoms with Crippen LogP contribution in [0.15, 0.2) is 70.5 Å². The van der Waals surface area contributed by atoms with Gasteiger partial charge in [-0.3, -0.25) is 10.6 Å². The number of rotatable bonds is 8. The van der Waals surface area contributed by atoms with E-state index in [0.717, 1.165) is 43.0 Å². The highest BCUT2D eigenvalue weighted by Gasteiger charge is 2.12. The molecule has 1 aliphatic carbocycles. The van der Waals surface area contributed by atoms with Gasteiger partial charge in [-0.05, 0) is 86.6 Å². The summed E-state index contributed by atoms with van der Waals surface area (Å²) in [6, 6.07) is 15.7. The van der Waals surface area contributed by atoms with E-state index in [-0.39, 0.29) is 0 Å². The molecular formula is C36H58BrI5N6OS2. The van der Waals surface area contributed by atoms with Crippen LogP contribution in [0.4, 0.5) is 10.8 Å². The first-order valence-electron chi connectivity index (χ1n) is 16.8. The zero-order valence-corrected chi connectivity index (χ0v) is 44.6. The number of benzene rings is 1. The molecule has 1 atom stereocenters. The number of unbranched alkanes of at least 4 members (excludes halogenated alkanes) is 1. The molecule has 51 heavy (non-hydrogen) atoms. The van der Waals surface area contributed by atoms with Crippen molar-refractivity contribution in [2.75, 3.05) is 26.8 Å². The normalized spacial score (nSPS) is 13.7. The van der Waals surface area contributed by atoms with Crippen LogP contribution in [0.3, 0.4) is 0 Å². The zero-order valence-electron chi connectivity index (χ0n) is 30.6. The van der Waals surface area contributed by atoms with Crippen molar-refractivity contribution in [1.82, 2.24) is 15.6 Å². The first-order chi connectivity index (χ1) is 24.8. The molecular weight excluding hydrogens is 1310 g/mol. The molecule has 1 saturated heterocycles. The molecule has 292 valence electrons. The van der Waals surface area contributed by atoms with Crippen LogP contribution in [0.2, 0.25) is 0 Å². The summed E-state index contributed by atoms with van der Waals surface area (Å²) in [5.41, 5.74) is 1.15. The van der Waals surface area contributed by atoms with Gasteiger partial charge >= 0.3 is 0 Å².